The van der Waals surface area contributed by atoms with Crippen molar-refractivity contribution < 1.29 is 9.59 Å². The van der Waals surface area contributed by atoms with Gasteiger partial charge >= 0.3 is 0 Å². The lowest BCUT2D eigenvalue weighted by Crippen LogP contribution is -2.46. The number of carbonyl (C=O) groups is 2. The van der Waals surface area contributed by atoms with E-state index in [1.807, 2.05) is 41.0 Å². The summed E-state index contributed by atoms with van der Waals surface area (Å²) in [5, 5.41) is 3.02. The van der Waals surface area contributed by atoms with Crippen molar-refractivity contribution in [3.05, 3.63) is 29.8 Å². The highest BCUT2D eigenvalue weighted by Gasteiger charge is 2.26. The summed E-state index contributed by atoms with van der Waals surface area (Å²) in [7, 11) is 0. The molecule has 5 nitrogen and oxygen atoms in total. The summed E-state index contributed by atoms with van der Waals surface area (Å²) in [5.74, 6) is 0.126. The summed E-state index contributed by atoms with van der Waals surface area (Å²) >= 11 is 0. The van der Waals surface area contributed by atoms with Crippen LogP contribution in [0.5, 0.6) is 0 Å². The van der Waals surface area contributed by atoms with Gasteiger partial charge in [0.05, 0.1) is 13.1 Å². The van der Waals surface area contributed by atoms with E-state index in [0.717, 1.165) is 50.0 Å². The summed E-state index contributed by atoms with van der Waals surface area (Å²) < 4.78 is 0. The van der Waals surface area contributed by atoms with E-state index in [1.165, 1.54) is 6.42 Å². The number of nitrogens with zero attached hydrogens (tertiary/aromatic N) is 2. The average Bonchev–Trinajstić information content (AvgIpc) is 3.39. The van der Waals surface area contributed by atoms with Gasteiger partial charge in [-0.05, 0) is 56.7 Å². The Morgan fingerprint density at radius 3 is 2.58 bits per heavy atom. The number of aryl methyl sites for hydroxylation is 1. The second kappa shape index (κ2) is 7.69. The van der Waals surface area contributed by atoms with Crippen LogP contribution in [0.3, 0.4) is 0 Å². The predicted octanol–water partition coefficient (Wildman–Crippen LogP) is 2.09. The van der Waals surface area contributed by atoms with Crippen LogP contribution in [0.1, 0.15) is 37.7 Å². The van der Waals surface area contributed by atoms with Crippen LogP contribution in [0.15, 0.2) is 24.3 Å². The third kappa shape index (κ3) is 4.73. The highest BCUT2D eigenvalue weighted by molar-refractivity contribution is 5.86. The lowest BCUT2D eigenvalue weighted by Gasteiger charge is -2.31. The number of nitrogens with one attached hydrogen (secondary N) is 1. The van der Waals surface area contributed by atoms with E-state index < -0.39 is 0 Å². The van der Waals surface area contributed by atoms with Crippen LogP contribution in [0.2, 0.25) is 0 Å². The molecule has 1 saturated heterocycles. The number of amides is 2. The van der Waals surface area contributed by atoms with Crippen LogP contribution >= 0.6 is 0 Å². The summed E-state index contributed by atoms with van der Waals surface area (Å²) in [6.45, 7) is 4.21. The Hall–Kier alpha value is -2.04. The first-order chi connectivity index (χ1) is 11.6. The number of hydrogen-bond donors (Lipinski definition) is 1. The van der Waals surface area contributed by atoms with Gasteiger partial charge in [0, 0.05) is 24.8 Å². The minimum Gasteiger partial charge on any atom is -0.353 e. The van der Waals surface area contributed by atoms with Gasteiger partial charge in [-0.15, -0.1) is 0 Å². The van der Waals surface area contributed by atoms with Gasteiger partial charge in [-0.1, -0.05) is 12.1 Å². The Labute approximate surface area is 144 Å². The molecular weight excluding hydrogens is 302 g/mol. The van der Waals surface area contributed by atoms with E-state index in [-0.39, 0.29) is 24.9 Å². The van der Waals surface area contributed by atoms with Crippen LogP contribution < -0.4 is 10.2 Å². The van der Waals surface area contributed by atoms with E-state index in [2.05, 4.69) is 5.32 Å². The summed E-state index contributed by atoms with van der Waals surface area (Å²) in [5.41, 5.74) is 2.07. The molecule has 0 unspecified atom stereocenters. The summed E-state index contributed by atoms with van der Waals surface area (Å²) in [6.07, 6.45) is 5.51. The molecule has 1 aliphatic carbocycles. The molecule has 0 radical (unpaired) electrons. The Kier molecular flexibility index (Phi) is 5.38. The number of likely N-dealkylation sites (tertiary alicyclic amines) is 1. The number of benzene rings is 1. The van der Waals surface area contributed by atoms with Crippen LogP contribution in [0, 0.1) is 6.92 Å². The fraction of sp³-hybridized carbons (Fsp3) is 0.579. The highest BCUT2D eigenvalue weighted by Crippen LogP contribution is 2.20. The fourth-order valence-corrected chi connectivity index (χ4v) is 3.14. The standard InChI is InChI=1S/C19H27N3O2/c1-15-6-5-7-17(12-15)22(13-18(23)20-16-8-9-16)14-19(24)21-10-3-2-4-11-21/h5-7,12,16H,2-4,8-11,13-14H2,1H3,(H,20,23). The van der Waals surface area contributed by atoms with Gasteiger partial charge in [-0.25, -0.2) is 0 Å². The number of piperidine rings is 1. The smallest absolute Gasteiger partial charge is 0.242 e. The lowest BCUT2D eigenvalue weighted by molar-refractivity contribution is -0.130. The van der Waals surface area contributed by atoms with Crippen molar-refractivity contribution in [2.75, 3.05) is 31.1 Å². The molecule has 0 atom stereocenters. The van der Waals surface area contributed by atoms with Crippen molar-refractivity contribution >= 4 is 17.5 Å². The third-order valence-corrected chi connectivity index (χ3v) is 4.68. The van der Waals surface area contributed by atoms with E-state index in [0.29, 0.717) is 6.04 Å². The zero-order chi connectivity index (χ0) is 16.9. The number of hydrogen-bond acceptors (Lipinski definition) is 3. The topological polar surface area (TPSA) is 52.7 Å². The van der Waals surface area contributed by atoms with Gasteiger partial charge in [-0.2, -0.15) is 0 Å². The zero-order valence-corrected chi connectivity index (χ0v) is 14.5. The van der Waals surface area contributed by atoms with Crippen molar-refractivity contribution in [1.82, 2.24) is 10.2 Å². The largest absolute Gasteiger partial charge is 0.353 e. The Balaban J connectivity index is 1.68. The first-order valence-electron chi connectivity index (χ1n) is 9.00. The fourth-order valence-electron chi connectivity index (χ4n) is 3.14. The molecule has 2 fully saturated rings. The maximum atomic E-state index is 12.6. The van der Waals surface area contributed by atoms with Gasteiger partial charge in [0.1, 0.15) is 0 Å². The second-order valence-electron chi connectivity index (χ2n) is 6.98. The van der Waals surface area contributed by atoms with Gasteiger partial charge in [0.25, 0.3) is 0 Å². The molecule has 1 heterocycles. The number of rotatable bonds is 6. The number of anilines is 1. The molecule has 2 amide bonds. The maximum absolute atomic E-state index is 12.6. The molecular formula is C19H27N3O2. The van der Waals surface area contributed by atoms with Crippen molar-refractivity contribution in [2.45, 2.75) is 45.1 Å². The highest BCUT2D eigenvalue weighted by atomic mass is 16.2. The monoisotopic (exact) mass is 329 g/mol. The Morgan fingerprint density at radius 1 is 1.17 bits per heavy atom. The molecule has 2 aliphatic rings. The lowest BCUT2D eigenvalue weighted by atomic mass is 10.1. The van der Waals surface area contributed by atoms with Crippen molar-refractivity contribution in [1.29, 1.82) is 0 Å². The molecule has 24 heavy (non-hydrogen) atoms. The van der Waals surface area contributed by atoms with E-state index >= 15 is 0 Å². The first-order valence-corrected chi connectivity index (χ1v) is 9.00. The van der Waals surface area contributed by atoms with Gasteiger partial charge in [0.2, 0.25) is 11.8 Å². The van der Waals surface area contributed by atoms with Crippen LogP contribution in [-0.4, -0.2) is 48.9 Å². The molecule has 3 rings (SSSR count). The van der Waals surface area contributed by atoms with Crippen LogP contribution in [0.4, 0.5) is 5.69 Å². The average molecular weight is 329 g/mol. The predicted molar refractivity (Wildman–Crippen MR) is 95.0 cm³/mol. The van der Waals surface area contributed by atoms with Crippen molar-refractivity contribution in [3.8, 4) is 0 Å². The number of carbonyl (C=O) groups excluding carboxylic acids is 2. The molecule has 1 aromatic rings. The quantitative estimate of drug-likeness (QED) is 0.869. The molecule has 0 spiro atoms. The molecule has 5 heteroatoms. The molecule has 0 bridgehead atoms. The first kappa shape index (κ1) is 16.8. The van der Waals surface area contributed by atoms with Crippen LogP contribution in [-0.2, 0) is 9.59 Å². The van der Waals surface area contributed by atoms with E-state index in [1.54, 1.807) is 0 Å². The van der Waals surface area contributed by atoms with E-state index in [9.17, 15) is 9.59 Å². The molecule has 1 aliphatic heterocycles. The molecule has 130 valence electrons. The maximum Gasteiger partial charge on any atom is 0.242 e. The third-order valence-electron chi connectivity index (χ3n) is 4.68. The zero-order valence-electron chi connectivity index (χ0n) is 14.5. The minimum atomic E-state index is 0.00505. The SMILES string of the molecule is Cc1cccc(N(CC(=O)NC2CC2)CC(=O)N2CCCCC2)c1. The van der Waals surface area contributed by atoms with E-state index in [4.69, 9.17) is 0 Å². The molecule has 1 aromatic carbocycles. The Bertz CT molecular complexity index is 592. The van der Waals surface area contributed by atoms with Crippen molar-refractivity contribution in [2.24, 2.45) is 0 Å². The Morgan fingerprint density at radius 2 is 1.92 bits per heavy atom. The van der Waals surface area contributed by atoms with Crippen molar-refractivity contribution in [3.63, 3.8) is 0 Å². The minimum absolute atomic E-state index is 0.00505. The molecule has 0 aromatic heterocycles. The normalized spacial score (nSPS) is 17.5. The summed E-state index contributed by atoms with van der Waals surface area (Å²) in [4.78, 5) is 28.7. The van der Waals surface area contributed by atoms with Gasteiger partial charge in [0.15, 0.2) is 0 Å². The molecule has 1 saturated carbocycles. The van der Waals surface area contributed by atoms with Gasteiger partial charge in [-0.3, -0.25) is 9.59 Å². The molecule has 1 N–H and O–H groups in total. The van der Waals surface area contributed by atoms with Crippen LogP contribution in [0.25, 0.3) is 0 Å². The second-order valence-corrected chi connectivity index (χ2v) is 6.98. The van der Waals surface area contributed by atoms with Gasteiger partial charge < -0.3 is 15.1 Å². The summed E-state index contributed by atoms with van der Waals surface area (Å²) in [6, 6.07) is 8.35.